The number of aromatic amines is 1. The summed E-state index contributed by atoms with van der Waals surface area (Å²) < 4.78 is 25.9. The molecule has 1 fully saturated rings. The molecule has 0 spiro atoms. The van der Waals surface area contributed by atoms with Crippen molar-refractivity contribution in [3.05, 3.63) is 28.7 Å². The lowest BCUT2D eigenvalue weighted by molar-refractivity contribution is 0.574. The molecule has 0 aliphatic heterocycles. The van der Waals surface area contributed by atoms with Crippen molar-refractivity contribution >= 4 is 10.0 Å². The maximum absolute atomic E-state index is 11.7. The van der Waals surface area contributed by atoms with Crippen LogP contribution < -0.4 is 10.2 Å². The molecule has 1 saturated carbocycles. The van der Waals surface area contributed by atoms with Crippen molar-refractivity contribution in [2.45, 2.75) is 24.2 Å². The second kappa shape index (κ2) is 4.39. The first kappa shape index (κ1) is 11.3. The van der Waals surface area contributed by atoms with Crippen LogP contribution in [0.25, 0.3) is 0 Å². The number of sulfonamides is 1. The van der Waals surface area contributed by atoms with Gasteiger partial charge >= 0.3 is 0 Å². The number of aromatic nitrogens is 1. The van der Waals surface area contributed by atoms with E-state index in [4.69, 9.17) is 0 Å². The van der Waals surface area contributed by atoms with Crippen LogP contribution in [0.1, 0.15) is 19.3 Å². The van der Waals surface area contributed by atoms with Crippen LogP contribution in [0.4, 0.5) is 0 Å². The number of rotatable bonds is 5. The Hall–Kier alpha value is -1.14. The van der Waals surface area contributed by atoms with Gasteiger partial charge in [-0.2, -0.15) is 0 Å². The van der Waals surface area contributed by atoms with E-state index in [1.54, 1.807) is 0 Å². The number of nitrogens with one attached hydrogen (secondary N) is 2. The molecule has 5 nitrogen and oxygen atoms in total. The summed E-state index contributed by atoms with van der Waals surface area (Å²) in [5.41, 5.74) is -0.488. The van der Waals surface area contributed by atoms with Crippen LogP contribution in [0, 0.1) is 5.92 Å². The molecule has 0 amide bonds. The van der Waals surface area contributed by atoms with Gasteiger partial charge in [0.1, 0.15) is 4.90 Å². The number of pyridine rings is 1. The summed E-state index contributed by atoms with van der Waals surface area (Å²) in [5, 5.41) is 0. The van der Waals surface area contributed by atoms with Crippen LogP contribution >= 0.6 is 0 Å². The third kappa shape index (κ3) is 2.70. The maximum atomic E-state index is 11.7. The zero-order valence-electron chi connectivity index (χ0n) is 8.77. The molecule has 0 bridgehead atoms. The first-order valence-electron chi connectivity index (χ1n) is 5.26. The van der Waals surface area contributed by atoms with Gasteiger partial charge in [0.2, 0.25) is 15.5 Å². The highest BCUT2D eigenvalue weighted by molar-refractivity contribution is 7.89. The number of H-pyrrole nitrogens is 1. The van der Waals surface area contributed by atoms with Gasteiger partial charge in [-0.1, -0.05) is 12.8 Å². The molecule has 1 aliphatic carbocycles. The molecular formula is C10H14N2O3S. The van der Waals surface area contributed by atoms with Crippen molar-refractivity contribution in [2.24, 2.45) is 5.92 Å². The Bertz CT molecular complexity index is 517. The summed E-state index contributed by atoms with van der Waals surface area (Å²) in [4.78, 5) is 13.7. The highest BCUT2D eigenvalue weighted by Crippen LogP contribution is 2.31. The number of hydrogen-bond acceptors (Lipinski definition) is 3. The molecule has 1 heterocycles. The molecule has 0 unspecified atom stereocenters. The summed E-state index contributed by atoms with van der Waals surface area (Å²) >= 11 is 0. The summed E-state index contributed by atoms with van der Waals surface area (Å²) in [6, 6.07) is 1.20. The Labute approximate surface area is 93.9 Å². The third-order valence-corrected chi connectivity index (χ3v) is 4.10. The van der Waals surface area contributed by atoms with Crippen LogP contribution in [-0.4, -0.2) is 19.9 Å². The van der Waals surface area contributed by atoms with Crippen molar-refractivity contribution in [3.8, 4) is 0 Å². The minimum atomic E-state index is -3.65. The zero-order chi connectivity index (χ0) is 11.6. The maximum Gasteiger partial charge on any atom is 0.245 e. The smallest absolute Gasteiger partial charge is 0.245 e. The van der Waals surface area contributed by atoms with Crippen molar-refractivity contribution < 1.29 is 8.42 Å². The quantitative estimate of drug-likeness (QED) is 0.787. The summed E-state index contributed by atoms with van der Waals surface area (Å²) in [6.07, 6.45) is 5.85. The molecule has 1 aromatic rings. The van der Waals surface area contributed by atoms with Gasteiger partial charge in [0.15, 0.2) is 0 Å². The Morgan fingerprint density at radius 2 is 2.19 bits per heavy atom. The van der Waals surface area contributed by atoms with Crippen LogP contribution in [-0.2, 0) is 10.0 Å². The Morgan fingerprint density at radius 3 is 2.81 bits per heavy atom. The van der Waals surface area contributed by atoms with Gasteiger partial charge in [0.05, 0.1) is 0 Å². The van der Waals surface area contributed by atoms with Gasteiger partial charge in [-0.3, -0.25) is 4.79 Å². The van der Waals surface area contributed by atoms with E-state index in [0.717, 1.165) is 6.42 Å². The molecule has 1 aliphatic rings. The standard InChI is InChI=1S/C10H14N2O3S/c13-9-4-5-11-7-10(9)16(14,15)12-6-3-8-1-2-8/h4-5,7-8,12H,1-3,6H2,(H,11,13). The van der Waals surface area contributed by atoms with E-state index >= 15 is 0 Å². The zero-order valence-corrected chi connectivity index (χ0v) is 9.59. The molecule has 2 N–H and O–H groups in total. The van der Waals surface area contributed by atoms with Crippen LogP contribution in [0.3, 0.4) is 0 Å². The van der Waals surface area contributed by atoms with Crippen molar-refractivity contribution in [3.63, 3.8) is 0 Å². The second-order valence-electron chi connectivity index (χ2n) is 4.00. The summed E-state index contributed by atoms with van der Waals surface area (Å²) in [6.45, 7) is 0.404. The average molecular weight is 242 g/mol. The molecule has 88 valence electrons. The average Bonchev–Trinajstić information content (AvgIpc) is 3.02. The fourth-order valence-corrected chi connectivity index (χ4v) is 2.59. The largest absolute Gasteiger partial charge is 0.366 e. The minimum Gasteiger partial charge on any atom is -0.366 e. The Morgan fingerprint density at radius 1 is 1.44 bits per heavy atom. The van der Waals surface area contributed by atoms with E-state index in [1.807, 2.05) is 0 Å². The molecular weight excluding hydrogens is 228 g/mol. The predicted molar refractivity (Wildman–Crippen MR) is 59.6 cm³/mol. The Kier molecular flexibility index (Phi) is 3.11. The lowest BCUT2D eigenvalue weighted by atomic mass is 10.3. The first-order chi connectivity index (χ1) is 7.59. The Balaban J connectivity index is 2.06. The molecule has 16 heavy (non-hydrogen) atoms. The lowest BCUT2D eigenvalue weighted by Crippen LogP contribution is -2.29. The normalized spacial score (nSPS) is 16.2. The van der Waals surface area contributed by atoms with Crippen molar-refractivity contribution in [1.29, 1.82) is 0 Å². The topological polar surface area (TPSA) is 79.0 Å². The molecule has 0 aromatic carbocycles. The van der Waals surface area contributed by atoms with E-state index in [0.29, 0.717) is 12.5 Å². The lowest BCUT2D eigenvalue weighted by Gasteiger charge is -2.04. The van der Waals surface area contributed by atoms with Gasteiger partial charge in [-0.15, -0.1) is 0 Å². The SMILES string of the molecule is O=c1cc[nH]cc1S(=O)(=O)NCCC1CC1. The van der Waals surface area contributed by atoms with E-state index < -0.39 is 15.5 Å². The van der Waals surface area contributed by atoms with Crippen LogP contribution in [0.5, 0.6) is 0 Å². The fraction of sp³-hybridized carbons (Fsp3) is 0.500. The molecule has 0 radical (unpaired) electrons. The highest BCUT2D eigenvalue weighted by atomic mass is 32.2. The second-order valence-corrected chi connectivity index (χ2v) is 5.74. The van der Waals surface area contributed by atoms with Gasteiger partial charge in [-0.05, 0) is 12.3 Å². The van der Waals surface area contributed by atoms with Crippen molar-refractivity contribution in [1.82, 2.24) is 9.71 Å². The van der Waals surface area contributed by atoms with E-state index in [-0.39, 0.29) is 4.90 Å². The van der Waals surface area contributed by atoms with Gasteiger partial charge < -0.3 is 4.98 Å². The predicted octanol–water partition coefficient (Wildman–Crippen LogP) is 0.453. The van der Waals surface area contributed by atoms with Gasteiger partial charge in [-0.25, -0.2) is 13.1 Å². The summed E-state index contributed by atoms with van der Waals surface area (Å²) in [7, 11) is -3.65. The van der Waals surface area contributed by atoms with Crippen molar-refractivity contribution in [2.75, 3.05) is 6.54 Å². The van der Waals surface area contributed by atoms with Crippen LogP contribution in [0.2, 0.25) is 0 Å². The number of hydrogen-bond donors (Lipinski definition) is 2. The van der Waals surface area contributed by atoms with E-state index in [1.165, 1.54) is 31.3 Å². The monoisotopic (exact) mass is 242 g/mol. The molecule has 0 atom stereocenters. The van der Waals surface area contributed by atoms with E-state index in [2.05, 4.69) is 9.71 Å². The molecule has 1 aromatic heterocycles. The first-order valence-corrected chi connectivity index (χ1v) is 6.75. The van der Waals surface area contributed by atoms with E-state index in [9.17, 15) is 13.2 Å². The minimum absolute atomic E-state index is 0.217. The fourth-order valence-electron chi connectivity index (χ4n) is 1.49. The molecule has 0 saturated heterocycles. The highest BCUT2D eigenvalue weighted by Gasteiger charge is 2.22. The summed E-state index contributed by atoms with van der Waals surface area (Å²) in [5.74, 6) is 0.664. The third-order valence-electron chi connectivity index (χ3n) is 2.62. The van der Waals surface area contributed by atoms with Gasteiger partial charge in [0, 0.05) is 25.0 Å². The van der Waals surface area contributed by atoms with Crippen LogP contribution in [0.15, 0.2) is 28.2 Å². The molecule has 2 rings (SSSR count). The van der Waals surface area contributed by atoms with Gasteiger partial charge in [0.25, 0.3) is 0 Å². The molecule has 6 heteroatoms.